The molecular weight excluding hydrogens is 382 g/mol. The van der Waals surface area contributed by atoms with Gasteiger partial charge in [0.15, 0.2) is 0 Å². The number of anilines is 1. The van der Waals surface area contributed by atoms with E-state index in [0.717, 1.165) is 20.9 Å². The van der Waals surface area contributed by atoms with Crippen molar-refractivity contribution < 1.29 is 14.3 Å². The number of benzene rings is 3. The van der Waals surface area contributed by atoms with Crippen molar-refractivity contribution in [3.05, 3.63) is 70.7 Å². The van der Waals surface area contributed by atoms with Crippen LogP contribution in [0.2, 0.25) is 0 Å². The number of methoxy groups -OCH3 is 1. The van der Waals surface area contributed by atoms with Gasteiger partial charge in [0.1, 0.15) is 12.4 Å². The van der Waals surface area contributed by atoms with Crippen LogP contribution in [0.25, 0.3) is 10.8 Å². The zero-order chi connectivity index (χ0) is 17.6. The third-order valence-corrected chi connectivity index (χ3v) is 4.23. The number of ether oxygens (including phenoxy) is 2. The van der Waals surface area contributed by atoms with E-state index in [0.29, 0.717) is 24.5 Å². The number of carbonyl (C=O) groups excluding carboxylic acids is 1. The summed E-state index contributed by atoms with van der Waals surface area (Å²) in [6.07, 6.45) is 0. The quantitative estimate of drug-likeness (QED) is 0.600. The molecule has 0 heterocycles. The van der Waals surface area contributed by atoms with Gasteiger partial charge in [0, 0.05) is 17.3 Å². The molecule has 0 fully saturated rings. The van der Waals surface area contributed by atoms with Gasteiger partial charge < -0.3 is 14.8 Å². The molecular formula is C20H18BrNO3. The van der Waals surface area contributed by atoms with Crippen molar-refractivity contribution in [2.24, 2.45) is 0 Å². The maximum Gasteiger partial charge on any atom is 0.259 e. The van der Waals surface area contributed by atoms with Crippen molar-refractivity contribution in [3.63, 3.8) is 0 Å². The molecule has 0 unspecified atom stereocenters. The van der Waals surface area contributed by atoms with Crippen LogP contribution in [0.15, 0.2) is 65.1 Å². The van der Waals surface area contributed by atoms with Crippen molar-refractivity contribution >= 4 is 38.3 Å². The third kappa shape index (κ3) is 4.38. The van der Waals surface area contributed by atoms with Gasteiger partial charge in [-0.1, -0.05) is 46.3 Å². The molecule has 25 heavy (non-hydrogen) atoms. The number of hydrogen-bond donors (Lipinski definition) is 1. The van der Waals surface area contributed by atoms with Crippen LogP contribution in [0.4, 0.5) is 5.69 Å². The van der Waals surface area contributed by atoms with Crippen molar-refractivity contribution in [1.82, 2.24) is 0 Å². The minimum Gasteiger partial charge on any atom is -0.490 e. The first-order chi connectivity index (χ1) is 12.2. The number of halogens is 1. The molecule has 0 aromatic heterocycles. The summed E-state index contributed by atoms with van der Waals surface area (Å²) in [6.45, 7) is 0.843. The zero-order valence-corrected chi connectivity index (χ0v) is 15.4. The van der Waals surface area contributed by atoms with E-state index in [9.17, 15) is 4.79 Å². The molecule has 0 aliphatic carbocycles. The van der Waals surface area contributed by atoms with E-state index in [1.807, 2.05) is 48.5 Å². The molecule has 4 nitrogen and oxygen atoms in total. The van der Waals surface area contributed by atoms with Gasteiger partial charge >= 0.3 is 0 Å². The third-order valence-electron chi connectivity index (χ3n) is 3.74. The summed E-state index contributed by atoms with van der Waals surface area (Å²) in [6, 6.07) is 19.2. The van der Waals surface area contributed by atoms with E-state index >= 15 is 0 Å². The smallest absolute Gasteiger partial charge is 0.259 e. The highest BCUT2D eigenvalue weighted by molar-refractivity contribution is 9.10. The summed E-state index contributed by atoms with van der Waals surface area (Å²) in [4.78, 5) is 12.7. The Morgan fingerprint density at radius 2 is 1.80 bits per heavy atom. The van der Waals surface area contributed by atoms with Crippen molar-refractivity contribution in [2.45, 2.75) is 0 Å². The average Bonchev–Trinajstić information content (AvgIpc) is 2.63. The SMILES string of the molecule is COCCOc1ccc(Br)cc1C(=O)Nc1ccc2ccccc2c1. The van der Waals surface area contributed by atoms with Gasteiger partial charge in [0.2, 0.25) is 0 Å². The highest BCUT2D eigenvalue weighted by atomic mass is 79.9. The summed E-state index contributed by atoms with van der Waals surface area (Å²) in [5, 5.41) is 5.14. The fourth-order valence-corrected chi connectivity index (χ4v) is 2.87. The van der Waals surface area contributed by atoms with Gasteiger partial charge in [-0.05, 0) is 41.1 Å². The predicted octanol–water partition coefficient (Wildman–Crippen LogP) is 4.88. The Labute approximate surface area is 154 Å². The van der Waals surface area contributed by atoms with Crippen molar-refractivity contribution in [2.75, 3.05) is 25.6 Å². The molecule has 3 rings (SSSR count). The standard InChI is InChI=1S/C20H18BrNO3/c1-24-10-11-25-19-9-7-16(21)13-18(19)20(23)22-17-8-6-14-4-2-3-5-15(14)12-17/h2-9,12-13H,10-11H2,1H3,(H,22,23). The van der Waals surface area contributed by atoms with Crippen LogP contribution in [0.1, 0.15) is 10.4 Å². The van der Waals surface area contributed by atoms with E-state index in [2.05, 4.69) is 21.2 Å². The van der Waals surface area contributed by atoms with Crippen LogP contribution in [-0.2, 0) is 4.74 Å². The molecule has 0 saturated carbocycles. The van der Waals surface area contributed by atoms with Crippen LogP contribution in [0.3, 0.4) is 0 Å². The molecule has 0 spiro atoms. The molecule has 0 bridgehead atoms. The molecule has 0 aliphatic heterocycles. The lowest BCUT2D eigenvalue weighted by atomic mass is 10.1. The second-order valence-electron chi connectivity index (χ2n) is 5.50. The van der Waals surface area contributed by atoms with E-state index < -0.39 is 0 Å². The summed E-state index contributed by atoms with van der Waals surface area (Å²) < 4.78 is 11.5. The van der Waals surface area contributed by atoms with Gasteiger partial charge in [-0.3, -0.25) is 4.79 Å². The number of rotatable bonds is 6. The lowest BCUT2D eigenvalue weighted by Gasteiger charge is -2.12. The second kappa shape index (κ2) is 8.14. The summed E-state index contributed by atoms with van der Waals surface area (Å²) in [7, 11) is 1.61. The number of amides is 1. The Balaban J connectivity index is 1.82. The molecule has 0 radical (unpaired) electrons. The molecule has 128 valence electrons. The Morgan fingerprint density at radius 1 is 1.00 bits per heavy atom. The Bertz CT molecular complexity index is 895. The summed E-state index contributed by atoms with van der Waals surface area (Å²) >= 11 is 3.40. The van der Waals surface area contributed by atoms with Crippen molar-refractivity contribution in [1.29, 1.82) is 0 Å². The van der Waals surface area contributed by atoms with E-state index in [1.54, 1.807) is 19.2 Å². The van der Waals surface area contributed by atoms with Gasteiger partial charge in [-0.25, -0.2) is 0 Å². The molecule has 0 saturated heterocycles. The van der Waals surface area contributed by atoms with Crippen LogP contribution >= 0.6 is 15.9 Å². The van der Waals surface area contributed by atoms with Crippen LogP contribution in [-0.4, -0.2) is 26.2 Å². The summed E-state index contributed by atoms with van der Waals surface area (Å²) in [5.41, 5.74) is 1.21. The lowest BCUT2D eigenvalue weighted by molar-refractivity contribution is 0.101. The lowest BCUT2D eigenvalue weighted by Crippen LogP contribution is -2.15. The molecule has 5 heteroatoms. The normalized spacial score (nSPS) is 10.6. The first-order valence-electron chi connectivity index (χ1n) is 7.89. The maximum atomic E-state index is 12.7. The number of nitrogens with one attached hydrogen (secondary N) is 1. The average molecular weight is 400 g/mol. The second-order valence-corrected chi connectivity index (χ2v) is 6.41. The first-order valence-corrected chi connectivity index (χ1v) is 8.68. The molecule has 3 aromatic carbocycles. The van der Waals surface area contributed by atoms with Gasteiger partial charge in [0.05, 0.1) is 12.2 Å². The zero-order valence-electron chi connectivity index (χ0n) is 13.8. The maximum absolute atomic E-state index is 12.7. The fourth-order valence-electron chi connectivity index (χ4n) is 2.51. The topological polar surface area (TPSA) is 47.6 Å². The molecule has 1 amide bonds. The largest absolute Gasteiger partial charge is 0.490 e. The minimum absolute atomic E-state index is 0.219. The molecule has 0 aliphatic rings. The molecule has 3 aromatic rings. The number of hydrogen-bond acceptors (Lipinski definition) is 3. The Kier molecular flexibility index (Phi) is 5.68. The van der Waals surface area contributed by atoms with Crippen LogP contribution in [0, 0.1) is 0 Å². The monoisotopic (exact) mass is 399 g/mol. The predicted molar refractivity (Wildman–Crippen MR) is 103 cm³/mol. The number of fused-ring (bicyclic) bond motifs is 1. The fraction of sp³-hybridized carbons (Fsp3) is 0.150. The molecule has 1 N–H and O–H groups in total. The van der Waals surface area contributed by atoms with Crippen molar-refractivity contribution in [3.8, 4) is 5.75 Å². The highest BCUT2D eigenvalue weighted by Gasteiger charge is 2.14. The summed E-state index contributed by atoms with van der Waals surface area (Å²) in [5.74, 6) is 0.308. The minimum atomic E-state index is -0.219. The number of carbonyl (C=O) groups is 1. The van der Waals surface area contributed by atoms with E-state index in [-0.39, 0.29) is 5.91 Å². The van der Waals surface area contributed by atoms with Gasteiger partial charge in [-0.2, -0.15) is 0 Å². The molecule has 0 atom stereocenters. The Hall–Kier alpha value is -2.37. The first kappa shape index (κ1) is 17.5. The van der Waals surface area contributed by atoms with Gasteiger partial charge in [-0.15, -0.1) is 0 Å². The highest BCUT2D eigenvalue weighted by Crippen LogP contribution is 2.25. The van der Waals surface area contributed by atoms with E-state index in [4.69, 9.17) is 9.47 Å². The van der Waals surface area contributed by atoms with Gasteiger partial charge in [0.25, 0.3) is 5.91 Å². The van der Waals surface area contributed by atoms with E-state index in [1.165, 1.54) is 0 Å². The van der Waals surface area contributed by atoms with Crippen LogP contribution < -0.4 is 10.1 Å². The van der Waals surface area contributed by atoms with Crippen LogP contribution in [0.5, 0.6) is 5.75 Å². The Morgan fingerprint density at radius 3 is 2.60 bits per heavy atom.